The molecule has 180 valence electrons. The van der Waals surface area contributed by atoms with E-state index in [-0.39, 0.29) is 11.3 Å². The zero-order valence-electron chi connectivity index (χ0n) is 20.9. The number of carbonyl (C=O) groups is 1. The Morgan fingerprint density at radius 2 is 2.06 bits per heavy atom. The van der Waals surface area contributed by atoms with E-state index in [1.54, 1.807) is 0 Å². The van der Waals surface area contributed by atoms with Gasteiger partial charge >= 0.3 is 0 Å². The van der Waals surface area contributed by atoms with Gasteiger partial charge in [0.2, 0.25) is 5.91 Å². The number of nitrogens with one attached hydrogen (secondary N) is 1. The van der Waals surface area contributed by atoms with Crippen molar-refractivity contribution in [3.63, 3.8) is 0 Å². The number of halogens is 1. The van der Waals surface area contributed by atoms with Crippen molar-refractivity contribution in [2.75, 3.05) is 31.1 Å². The maximum Gasteiger partial charge on any atom is 0.227 e. The average molecular weight is 478 g/mol. The lowest BCUT2D eigenvalue weighted by molar-refractivity contribution is -0.120. The van der Waals surface area contributed by atoms with Crippen molar-refractivity contribution in [1.82, 2.24) is 9.88 Å². The number of anilines is 1. The number of aromatic nitrogens is 1. The van der Waals surface area contributed by atoms with E-state index in [0.717, 1.165) is 62.6 Å². The van der Waals surface area contributed by atoms with Crippen LogP contribution in [0.2, 0.25) is 0 Å². The molecule has 0 bridgehead atoms. The number of allylic oxidation sites excluding steroid dienone is 1. The number of nitrogens with zero attached hydrogens (tertiary/aromatic N) is 2. The predicted molar refractivity (Wildman–Crippen MR) is 143 cm³/mol. The van der Waals surface area contributed by atoms with Gasteiger partial charge in [0, 0.05) is 44.2 Å². The molecule has 1 amide bonds. The van der Waals surface area contributed by atoms with Crippen molar-refractivity contribution in [1.29, 1.82) is 0 Å². The minimum atomic E-state index is -0.0801. The van der Waals surface area contributed by atoms with Gasteiger partial charge < -0.3 is 9.88 Å². The maximum atomic E-state index is 12.6. The summed E-state index contributed by atoms with van der Waals surface area (Å²) in [6.07, 6.45) is 11.2. The first kappa shape index (κ1) is 23.4. The molecular formula is C29H36ClN3O. The topological polar surface area (TPSA) is 39.3 Å². The lowest BCUT2D eigenvalue weighted by atomic mass is 9.76. The highest BCUT2D eigenvalue weighted by molar-refractivity contribution is 6.48. The molecule has 1 N–H and O–H groups in total. The zero-order chi connectivity index (χ0) is 24.0. The molecule has 34 heavy (non-hydrogen) atoms. The van der Waals surface area contributed by atoms with E-state index in [0.29, 0.717) is 6.42 Å². The fourth-order valence-corrected chi connectivity index (χ4v) is 6.25. The van der Waals surface area contributed by atoms with Crippen molar-refractivity contribution >= 4 is 33.8 Å². The highest BCUT2D eigenvalue weighted by atomic mass is 35.5. The number of H-pyrrole nitrogens is 1. The molecule has 0 atom stereocenters. The second kappa shape index (κ2) is 9.05. The third-order valence-corrected chi connectivity index (χ3v) is 8.21. The van der Waals surface area contributed by atoms with Gasteiger partial charge in [0.1, 0.15) is 0 Å². The van der Waals surface area contributed by atoms with Crippen LogP contribution < -0.4 is 4.90 Å². The molecule has 0 saturated heterocycles. The minimum Gasteiger partial charge on any atom is -0.360 e. The number of benzene rings is 1. The van der Waals surface area contributed by atoms with Gasteiger partial charge in [-0.1, -0.05) is 56.7 Å². The molecule has 5 heteroatoms. The minimum absolute atomic E-state index is 0.0801. The van der Waals surface area contributed by atoms with Crippen LogP contribution in [-0.4, -0.2) is 42.0 Å². The van der Waals surface area contributed by atoms with Gasteiger partial charge in [-0.2, -0.15) is 0 Å². The van der Waals surface area contributed by atoms with Crippen molar-refractivity contribution in [2.45, 2.75) is 65.2 Å². The number of carbonyl (C=O) groups excluding carboxylic acids is 1. The van der Waals surface area contributed by atoms with Gasteiger partial charge in [-0.25, -0.2) is 0 Å². The Labute approximate surface area is 208 Å². The number of amides is 1. The first-order valence-corrected chi connectivity index (χ1v) is 13.1. The molecule has 0 spiro atoms. The first-order valence-electron chi connectivity index (χ1n) is 12.7. The summed E-state index contributed by atoms with van der Waals surface area (Å²) >= 11 is 6.46. The van der Waals surface area contributed by atoms with E-state index in [4.69, 9.17) is 11.6 Å². The zero-order valence-corrected chi connectivity index (χ0v) is 21.7. The number of aromatic amines is 1. The second-order valence-electron chi connectivity index (χ2n) is 10.7. The van der Waals surface area contributed by atoms with Gasteiger partial charge in [0.25, 0.3) is 0 Å². The van der Waals surface area contributed by atoms with E-state index in [1.807, 2.05) is 4.90 Å². The van der Waals surface area contributed by atoms with E-state index >= 15 is 0 Å². The molecule has 0 fully saturated rings. The molecule has 5 rings (SSSR count). The molecule has 3 aliphatic heterocycles. The van der Waals surface area contributed by atoms with Crippen LogP contribution >= 0.6 is 11.6 Å². The maximum absolute atomic E-state index is 12.6. The summed E-state index contributed by atoms with van der Waals surface area (Å²) < 4.78 is 0. The SMILES string of the molecule is CC/C=C(/Cl)c1[nH]cc(C2=CCN(CCc3cc4c5c(c3)C(C)(C)CC(=O)N5CC4)CC2)c1C. The molecule has 0 unspecified atom stereocenters. The van der Waals surface area contributed by atoms with Gasteiger partial charge in [0.05, 0.1) is 16.4 Å². The number of hydrogen-bond acceptors (Lipinski definition) is 2. The molecule has 0 saturated carbocycles. The van der Waals surface area contributed by atoms with E-state index in [2.05, 4.69) is 68.1 Å². The van der Waals surface area contributed by atoms with E-state index in [1.165, 1.54) is 39.1 Å². The fourth-order valence-electron chi connectivity index (χ4n) is 5.90. The molecule has 4 nitrogen and oxygen atoms in total. The van der Waals surface area contributed by atoms with Crippen LogP contribution in [0.15, 0.2) is 30.5 Å². The molecule has 4 heterocycles. The standard InChI is InChI=1S/C29H36ClN3O/c1-5-6-25(30)27-19(2)23(18-31-27)21-8-12-32(13-9-21)11-7-20-15-22-10-14-33-26(34)17-29(3,4)24(16-20)28(22)33/h6,8,15-16,18,31H,5,7,9-14,17H2,1-4H3/b25-6+. The third-order valence-electron chi connectivity index (χ3n) is 7.86. The van der Waals surface area contributed by atoms with Gasteiger partial charge in [-0.15, -0.1) is 0 Å². The summed E-state index contributed by atoms with van der Waals surface area (Å²) in [5.74, 6) is 0.286. The Bertz CT molecular complexity index is 1190. The number of rotatable bonds is 6. The lowest BCUT2D eigenvalue weighted by Gasteiger charge is -2.37. The van der Waals surface area contributed by atoms with Crippen LogP contribution in [0.3, 0.4) is 0 Å². The Balaban J connectivity index is 1.27. The Morgan fingerprint density at radius 1 is 1.24 bits per heavy atom. The van der Waals surface area contributed by atoms with Gasteiger partial charge in [-0.05, 0) is 66.0 Å². The quantitative estimate of drug-likeness (QED) is 0.536. The third kappa shape index (κ3) is 4.16. The summed E-state index contributed by atoms with van der Waals surface area (Å²) in [5.41, 5.74) is 10.3. The molecule has 2 aromatic rings. The Kier molecular flexibility index (Phi) is 6.24. The van der Waals surface area contributed by atoms with Crippen molar-refractivity contribution in [2.24, 2.45) is 0 Å². The monoisotopic (exact) mass is 477 g/mol. The van der Waals surface area contributed by atoms with Crippen LogP contribution in [0.4, 0.5) is 5.69 Å². The Morgan fingerprint density at radius 3 is 2.79 bits per heavy atom. The lowest BCUT2D eigenvalue weighted by Crippen LogP contribution is -2.40. The fraction of sp³-hybridized carbons (Fsp3) is 0.483. The van der Waals surface area contributed by atoms with Crippen LogP contribution in [0.5, 0.6) is 0 Å². The highest BCUT2D eigenvalue weighted by Gasteiger charge is 2.40. The summed E-state index contributed by atoms with van der Waals surface area (Å²) in [6, 6.07) is 4.74. The highest BCUT2D eigenvalue weighted by Crippen LogP contribution is 2.45. The smallest absolute Gasteiger partial charge is 0.227 e. The van der Waals surface area contributed by atoms with Crippen LogP contribution in [0.25, 0.3) is 10.6 Å². The van der Waals surface area contributed by atoms with Gasteiger partial charge in [0.15, 0.2) is 0 Å². The number of hydrogen-bond donors (Lipinski definition) is 1. The van der Waals surface area contributed by atoms with Crippen molar-refractivity contribution in [3.8, 4) is 0 Å². The van der Waals surface area contributed by atoms with Crippen LogP contribution in [0, 0.1) is 6.92 Å². The molecule has 1 aromatic heterocycles. The van der Waals surface area contributed by atoms with Crippen LogP contribution in [-0.2, 0) is 23.1 Å². The average Bonchev–Trinajstić information content (AvgIpc) is 3.40. The normalized spacial score (nSPS) is 20.0. The second-order valence-corrected chi connectivity index (χ2v) is 11.1. The predicted octanol–water partition coefficient (Wildman–Crippen LogP) is 6.22. The summed E-state index contributed by atoms with van der Waals surface area (Å²) in [6.45, 7) is 12.7. The first-order chi connectivity index (χ1) is 16.3. The summed E-state index contributed by atoms with van der Waals surface area (Å²) in [7, 11) is 0. The van der Waals surface area contributed by atoms with Crippen LogP contribution in [0.1, 0.15) is 73.5 Å². The Hall–Kier alpha value is -2.30. The largest absolute Gasteiger partial charge is 0.360 e. The molecule has 3 aliphatic rings. The summed E-state index contributed by atoms with van der Waals surface area (Å²) in [4.78, 5) is 20.5. The summed E-state index contributed by atoms with van der Waals surface area (Å²) in [5, 5.41) is 0.813. The van der Waals surface area contributed by atoms with Gasteiger partial charge in [-0.3, -0.25) is 9.69 Å². The molecule has 0 aliphatic carbocycles. The van der Waals surface area contributed by atoms with E-state index in [9.17, 15) is 4.79 Å². The van der Waals surface area contributed by atoms with E-state index < -0.39 is 0 Å². The van der Waals surface area contributed by atoms with Crippen molar-refractivity contribution in [3.05, 3.63) is 64.0 Å². The molecule has 0 radical (unpaired) electrons. The molecular weight excluding hydrogens is 442 g/mol. The van der Waals surface area contributed by atoms with Crippen molar-refractivity contribution < 1.29 is 4.79 Å². The molecule has 1 aromatic carbocycles.